The third kappa shape index (κ3) is 5.08. The van der Waals surface area contributed by atoms with Crippen molar-refractivity contribution in [2.24, 2.45) is 5.92 Å². The van der Waals surface area contributed by atoms with Crippen LogP contribution in [0.4, 0.5) is 26.3 Å². The van der Waals surface area contributed by atoms with Gasteiger partial charge in [0.25, 0.3) is 11.8 Å². The highest BCUT2D eigenvalue weighted by Crippen LogP contribution is 2.52. The zero-order valence-electron chi connectivity index (χ0n) is 20.5. The molecule has 1 atom stereocenters. The molecule has 2 aromatic rings. The van der Waals surface area contributed by atoms with E-state index in [2.05, 4.69) is 10.3 Å². The number of thiazole rings is 1. The van der Waals surface area contributed by atoms with Crippen LogP contribution < -0.4 is 5.32 Å². The normalized spacial score (nSPS) is 18.8. The molecule has 0 bridgehead atoms. The van der Waals surface area contributed by atoms with Crippen molar-refractivity contribution >= 4 is 23.2 Å². The number of hydrogen-bond donors (Lipinski definition) is 1. The van der Waals surface area contributed by atoms with Crippen LogP contribution in [0.1, 0.15) is 70.9 Å². The Morgan fingerprint density at radius 1 is 1.11 bits per heavy atom. The topological polar surface area (TPSA) is 62.3 Å². The van der Waals surface area contributed by atoms with E-state index in [-0.39, 0.29) is 39.7 Å². The Morgan fingerprint density at radius 2 is 1.76 bits per heavy atom. The van der Waals surface area contributed by atoms with Crippen molar-refractivity contribution in [3.05, 3.63) is 40.0 Å². The molecule has 1 aromatic heterocycles. The molecule has 2 amide bonds. The van der Waals surface area contributed by atoms with Crippen molar-refractivity contribution in [1.82, 2.24) is 15.2 Å². The Balaban J connectivity index is 1.77. The molecule has 0 spiro atoms. The molecule has 1 N–H and O–H groups in total. The van der Waals surface area contributed by atoms with Gasteiger partial charge in [0.1, 0.15) is 5.69 Å². The predicted octanol–water partition coefficient (Wildman–Crippen LogP) is 6.27. The van der Waals surface area contributed by atoms with Crippen molar-refractivity contribution < 1.29 is 35.9 Å². The highest BCUT2D eigenvalue weighted by molar-refractivity contribution is 7.17. The third-order valence-corrected chi connectivity index (χ3v) is 8.36. The van der Waals surface area contributed by atoms with Crippen LogP contribution in [-0.4, -0.2) is 53.2 Å². The summed E-state index contributed by atoms with van der Waals surface area (Å²) in [5.74, 6) is -0.486. The highest BCUT2D eigenvalue weighted by atomic mass is 32.1. The number of nitrogens with zero attached hydrogens (tertiary/aromatic N) is 2. The maximum Gasteiger partial charge on any atom is 0.406 e. The fraction of sp³-hybridized carbons (Fsp3) is 0.560. The maximum atomic E-state index is 13.6. The highest BCUT2D eigenvalue weighted by Gasteiger charge is 2.68. The van der Waals surface area contributed by atoms with Gasteiger partial charge < -0.3 is 10.2 Å². The summed E-state index contributed by atoms with van der Waals surface area (Å²) >= 11 is 0.905. The number of nitrogens with one attached hydrogen (secondary N) is 1. The largest absolute Gasteiger partial charge is 0.406 e. The molecular weight excluding hydrogens is 520 g/mol. The van der Waals surface area contributed by atoms with Crippen molar-refractivity contribution in [3.63, 3.8) is 0 Å². The van der Waals surface area contributed by atoms with E-state index in [9.17, 15) is 35.9 Å². The van der Waals surface area contributed by atoms with Gasteiger partial charge in [-0.3, -0.25) is 9.59 Å². The van der Waals surface area contributed by atoms with Gasteiger partial charge in [0.2, 0.25) is 0 Å². The van der Waals surface area contributed by atoms with Crippen LogP contribution in [-0.2, 0) is 5.41 Å². The first-order valence-electron chi connectivity index (χ1n) is 12.0. The van der Waals surface area contributed by atoms with E-state index in [0.29, 0.717) is 19.0 Å². The third-order valence-electron chi connectivity index (χ3n) is 7.27. The number of amides is 2. The van der Waals surface area contributed by atoms with Crippen LogP contribution in [0.5, 0.6) is 0 Å². The second-order valence-electron chi connectivity index (χ2n) is 9.99. The Hall–Kier alpha value is -2.63. The lowest BCUT2D eigenvalue weighted by Gasteiger charge is -2.34. The summed E-state index contributed by atoms with van der Waals surface area (Å²) < 4.78 is 81.7. The molecular formula is C25H27F6N3O2S. The number of alkyl halides is 6. The average molecular weight is 548 g/mol. The SMILES string of the molecule is Cc1cc(C(C)(C(F)(F)F)C(F)(F)F)ccc1-c1sc(C(=O)NCC2CC2)nc1C(=O)N1CCC[C@@H]1C. The number of aromatic nitrogens is 1. The maximum absolute atomic E-state index is 13.6. The van der Waals surface area contributed by atoms with Crippen molar-refractivity contribution in [2.45, 2.75) is 70.3 Å². The summed E-state index contributed by atoms with van der Waals surface area (Å²) in [7, 11) is 0. The summed E-state index contributed by atoms with van der Waals surface area (Å²) in [5.41, 5.74) is -4.70. The Kier molecular flexibility index (Phi) is 7.11. The smallest absolute Gasteiger partial charge is 0.350 e. The van der Waals surface area contributed by atoms with Crippen LogP contribution in [0.15, 0.2) is 18.2 Å². The Morgan fingerprint density at radius 3 is 2.27 bits per heavy atom. The van der Waals surface area contributed by atoms with Crippen molar-refractivity contribution in [3.8, 4) is 10.4 Å². The molecule has 37 heavy (non-hydrogen) atoms. The number of aryl methyl sites for hydroxylation is 1. The number of benzene rings is 1. The van der Waals surface area contributed by atoms with Gasteiger partial charge >= 0.3 is 12.4 Å². The molecule has 1 aliphatic carbocycles. The lowest BCUT2D eigenvalue weighted by atomic mass is 9.79. The molecule has 4 rings (SSSR count). The average Bonchev–Trinajstić information content (AvgIpc) is 3.37. The van der Waals surface area contributed by atoms with E-state index in [1.165, 1.54) is 6.92 Å². The van der Waals surface area contributed by atoms with E-state index >= 15 is 0 Å². The minimum Gasteiger partial charge on any atom is -0.350 e. The Labute approximate surface area is 214 Å². The predicted molar refractivity (Wildman–Crippen MR) is 127 cm³/mol. The van der Waals surface area contributed by atoms with E-state index in [0.717, 1.165) is 55.2 Å². The van der Waals surface area contributed by atoms with E-state index in [1.807, 2.05) is 6.92 Å². The summed E-state index contributed by atoms with van der Waals surface area (Å²) in [6.07, 6.45) is -7.54. The number of carbonyl (C=O) groups is 2. The monoisotopic (exact) mass is 547 g/mol. The van der Waals surface area contributed by atoms with E-state index < -0.39 is 35.1 Å². The Bertz CT molecular complexity index is 1190. The molecule has 1 saturated carbocycles. The molecule has 1 saturated heterocycles. The number of hydrogen-bond acceptors (Lipinski definition) is 4. The van der Waals surface area contributed by atoms with Gasteiger partial charge in [-0.05, 0) is 69.1 Å². The number of rotatable bonds is 6. The minimum absolute atomic E-state index is 0.0183. The van der Waals surface area contributed by atoms with Crippen molar-refractivity contribution in [1.29, 1.82) is 0 Å². The first kappa shape index (κ1) is 27.4. The molecule has 1 aromatic carbocycles. The lowest BCUT2D eigenvalue weighted by Crippen LogP contribution is -2.51. The van der Waals surface area contributed by atoms with Gasteiger partial charge in [-0.2, -0.15) is 26.3 Å². The van der Waals surface area contributed by atoms with Crippen LogP contribution in [0, 0.1) is 12.8 Å². The lowest BCUT2D eigenvalue weighted by molar-refractivity contribution is -0.297. The van der Waals surface area contributed by atoms with Crippen LogP contribution in [0.2, 0.25) is 0 Å². The van der Waals surface area contributed by atoms with Gasteiger partial charge in [0.05, 0.1) is 4.88 Å². The molecule has 12 heteroatoms. The summed E-state index contributed by atoms with van der Waals surface area (Å²) in [4.78, 5) is 32.3. The number of halogens is 6. The second kappa shape index (κ2) is 9.59. The number of carbonyl (C=O) groups excluding carboxylic acids is 2. The summed E-state index contributed by atoms with van der Waals surface area (Å²) in [6.45, 7) is 4.34. The zero-order valence-corrected chi connectivity index (χ0v) is 21.3. The van der Waals surface area contributed by atoms with E-state index in [4.69, 9.17) is 0 Å². The zero-order chi connectivity index (χ0) is 27.3. The van der Waals surface area contributed by atoms with Gasteiger partial charge in [-0.25, -0.2) is 4.98 Å². The standard InChI is InChI=1S/C25H27F6N3O2S/c1-13-11-16(23(3,24(26,27)28)25(29,30)31)8-9-17(13)19-18(22(36)34-10-4-5-14(34)2)33-21(37-19)20(35)32-12-15-6-7-15/h8-9,11,14-15H,4-7,10,12H2,1-3H3,(H,32,35)/t14-/m0/s1. The molecule has 0 unspecified atom stereocenters. The van der Waals surface area contributed by atoms with E-state index in [1.54, 1.807) is 4.90 Å². The van der Waals surface area contributed by atoms with Gasteiger partial charge in [0.15, 0.2) is 10.4 Å². The van der Waals surface area contributed by atoms with Crippen molar-refractivity contribution in [2.75, 3.05) is 13.1 Å². The summed E-state index contributed by atoms with van der Waals surface area (Å²) in [6, 6.07) is 2.71. The van der Waals surface area contributed by atoms with Crippen LogP contribution >= 0.6 is 11.3 Å². The quantitative estimate of drug-likeness (QED) is 0.434. The first-order valence-corrected chi connectivity index (χ1v) is 12.8. The van der Waals surface area contributed by atoms with Crippen LogP contribution in [0.25, 0.3) is 10.4 Å². The molecule has 5 nitrogen and oxygen atoms in total. The fourth-order valence-electron chi connectivity index (χ4n) is 4.47. The molecule has 2 fully saturated rings. The molecule has 2 aliphatic rings. The first-order chi connectivity index (χ1) is 17.1. The molecule has 202 valence electrons. The van der Waals surface area contributed by atoms with Crippen LogP contribution in [0.3, 0.4) is 0 Å². The van der Waals surface area contributed by atoms with Gasteiger partial charge in [-0.15, -0.1) is 11.3 Å². The molecule has 1 aliphatic heterocycles. The fourth-order valence-corrected chi connectivity index (χ4v) is 5.53. The minimum atomic E-state index is -5.58. The van der Waals surface area contributed by atoms with Gasteiger partial charge in [-0.1, -0.05) is 18.2 Å². The summed E-state index contributed by atoms with van der Waals surface area (Å²) in [5, 5.41) is 2.80. The molecule has 2 heterocycles. The number of likely N-dealkylation sites (tertiary alicyclic amines) is 1. The van der Waals surface area contributed by atoms with Gasteiger partial charge in [0, 0.05) is 19.1 Å². The molecule has 0 radical (unpaired) electrons. The second-order valence-corrected chi connectivity index (χ2v) is 11.0.